The molecule has 0 bridgehead atoms. The zero-order valence-corrected chi connectivity index (χ0v) is 14.5. The smallest absolute Gasteiger partial charge is 0.303 e. The van der Waals surface area contributed by atoms with Gasteiger partial charge >= 0.3 is 5.97 Å². The van der Waals surface area contributed by atoms with E-state index < -0.39 is 11.8 Å². The number of hydrogen-bond donors (Lipinski definition) is 1. The number of halogens is 2. The highest BCUT2D eigenvalue weighted by Crippen LogP contribution is 2.27. The number of carboxylic acids is 1. The van der Waals surface area contributed by atoms with Crippen molar-refractivity contribution >= 4 is 5.97 Å². The lowest BCUT2D eigenvalue weighted by Crippen LogP contribution is -2.02. The molecule has 3 rings (SSSR count). The summed E-state index contributed by atoms with van der Waals surface area (Å²) in [6, 6.07) is 17.7. The lowest BCUT2D eigenvalue weighted by Gasteiger charge is -2.13. The average Bonchev–Trinajstić information content (AvgIpc) is 2.67. The van der Waals surface area contributed by atoms with Crippen LogP contribution < -0.4 is 4.74 Å². The van der Waals surface area contributed by atoms with Crippen molar-refractivity contribution in [3.63, 3.8) is 0 Å². The van der Waals surface area contributed by atoms with Crippen molar-refractivity contribution in [2.45, 2.75) is 19.4 Å². The molecule has 27 heavy (non-hydrogen) atoms. The van der Waals surface area contributed by atoms with E-state index in [1.807, 2.05) is 0 Å². The Morgan fingerprint density at radius 2 is 1.63 bits per heavy atom. The van der Waals surface area contributed by atoms with E-state index >= 15 is 0 Å². The normalized spacial score (nSPS) is 10.6. The fraction of sp³-hybridized carbons (Fsp3) is 0.136. The second-order valence-electron chi connectivity index (χ2n) is 6.10. The molecular formula is C22H18F2O3. The fourth-order valence-electron chi connectivity index (χ4n) is 2.76. The van der Waals surface area contributed by atoms with Crippen LogP contribution in [0.1, 0.15) is 17.5 Å². The van der Waals surface area contributed by atoms with Crippen molar-refractivity contribution in [3.05, 3.63) is 89.5 Å². The molecule has 138 valence electrons. The molecule has 0 fully saturated rings. The predicted molar refractivity (Wildman–Crippen MR) is 98.5 cm³/mol. The average molecular weight is 368 g/mol. The Balaban J connectivity index is 1.74. The van der Waals surface area contributed by atoms with Gasteiger partial charge in [0.2, 0.25) is 0 Å². The van der Waals surface area contributed by atoms with Gasteiger partial charge in [-0.1, -0.05) is 36.4 Å². The maximum absolute atomic E-state index is 14.3. The standard InChI is InChI=1S/C22H18F2O3/c23-17-9-7-16(8-10-17)19-2-1-3-21(24)20(19)14-27-18-11-4-15(5-12-18)6-13-22(25)26/h1-5,7-12H,6,13-14H2,(H,25,26). The van der Waals surface area contributed by atoms with Gasteiger partial charge in [0, 0.05) is 12.0 Å². The first-order valence-corrected chi connectivity index (χ1v) is 8.50. The van der Waals surface area contributed by atoms with Crippen molar-refractivity contribution in [1.29, 1.82) is 0 Å². The van der Waals surface area contributed by atoms with Crippen LogP contribution in [0.5, 0.6) is 5.75 Å². The van der Waals surface area contributed by atoms with Crippen LogP contribution in [0.3, 0.4) is 0 Å². The molecule has 5 heteroatoms. The number of carboxylic acid groups (broad SMARTS) is 1. The molecule has 0 saturated carbocycles. The SMILES string of the molecule is O=C(O)CCc1ccc(OCc2c(F)cccc2-c2ccc(F)cc2)cc1. The number of aryl methyl sites for hydroxylation is 1. The van der Waals surface area contributed by atoms with E-state index in [1.54, 1.807) is 48.5 Å². The third kappa shape index (κ3) is 4.91. The van der Waals surface area contributed by atoms with Gasteiger partial charge in [-0.25, -0.2) is 8.78 Å². The van der Waals surface area contributed by atoms with E-state index in [-0.39, 0.29) is 18.8 Å². The van der Waals surface area contributed by atoms with Gasteiger partial charge in [0.1, 0.15) is 24.0 Å². The predicted octanol–water partition coefficient (Wildman–Crippen LogP) is 5.23. The van der Waals surface area contributed by atoms with Gasteiger partial charge in [0.05, 0.1) is 0 Å². The lowest BCUT2D eigenvalue weighted by atomic mass is 9.99. The Hall–Kier alpha value is -3.21. The molecule has 1 N–H and O–H groups in total. The van der Waals surface area contributed by atoms with Crippen LogP contribution in [-0.2, 0) is 17.8 Å². The quantitative estimate of drug-likeness (QED) is 0.621. The lowest BCUT2D eigenvalue weighted by molar-refractivity contribution is -0.136. The summed E-state index contributed by atoms with van der Waals surface area (Å²) in [6.45, 7) is 0.0217. The van der Waals surface area contributed by atoms with Crippen LogP contribution in [-0.4, -0.2) is 11.1 Å². The molecule has 0 unspecified atom stereocenters. The minimum atomic E-state index is -0.844. The summed E-state index contributed by atoms with van der Waals surface area (Å²) >= 11 is 0. The van der Waals surface area contributed by atoms with E-state index in [1.165, 1.54) is 18.2 Å². The summed E-state index contributed by atoms with van der Waals surface area (Å²) in [5.41, 5.74) is 2.63. The van der Waals surface area contributed by atoms with Crippen molar-refractivity contribution < 1.29 is 23.4 Å². The molecule has 0 spiro atoms. The van der Waals surface area contributed by atoms with Crippen LogP contribution >= 0.6 is 0 Å². The number of hydrogen-bond acceptors (Lipinski definition) is 2. The minimum Gasteiger partial charge on any atom is -0.489 e. The summed E-state index contributed by atoms with van der Waals surface area (Å²) in [5.74, 6) is -1.03. The minimum absolute atomic E-state index is 0.0217. The third-order valence-electron chi connectivity index (χ3n) is 4.21. The highest BCUT2D eigenvalue weighted by atomic mass is 19.1. The number of ether oxygens (including phenoxy) is 1. The summed E-state index contributed by atoms with van der Waals surface area (Å²) < 4.78 is 33.2. The highest BCUT2D eigenvalue weighted by molar-refractivity contribution is 5.67. The Morgan fingerprint density at radius 3 is 2.30 bits per heavy atom. The van der Waals surface area contributed by atoms with Crippen molar-refractivity contribution in [2.75, 3.05) is 0 Å². The van der Waals surface area contributed by atoms with Gasteiger partial charge in [-0.2, -0.15) is 0 Å². The third-order valence-corrected chi connectivity index (χ3v) is 4.21. The summed E-state index contributed by atoms with van der Waals surface area (Å²) in [5, 5.41) is 8.72. The van der Waals surface area contributed by atoms with Crippen LogP contribution in [0.25, 0.3) is 11.1 Å². The molecular weight excluding hydrogens is 350 g/mol. The topological polar surface area (TPSA) is 46.5 Å². The molecule has 0 heterocycles. The van der Waals surface area contributed by atoms with E-state index in [9.17, 15) is 13.6 Å². The van der Waals surface area contributed by atoms with Gasteiger partial charge in [-0.05, 0) is 53.4 Å². The van der Waals surface area contributed by atoms with Gasteiger partial charge in [-0.15, -0.1) is 0 Å². The molecule has 0 radical (unpaired) electrons. The van der Waals surface area contributed by atoms with Gasteiger partial charge in [-0.3, -0.25) is 4.79 Å². The molecule has 3 nitrogen and oxygen atoms in total. The van der Waals surface area contributed by atoms with Crippen LogP contribution in [0, 0.1) is 11.6 Å². The van der Waals surface area contributed by atoms with E-state index in [4.69, 9.17) is 9.84 Å². The van der Waals surface area contributed by atoms with Gasteiger partial charge in [0.15, 0.2) is 0 Å². The van der Waals surface area contributed by atoms with Crippen molar-refractivity contribution in [1.82, 2.24) is 0 Å². The first-order valence-electron chi connectivity index (χ1n) is 8.50. The second-order valence-corrected chi connectivity index (χ2v) is 6.10. The first-order chi connectivity index (χ1) is 13.0. The number of benzene rings is 3. The fourth-order valence-corrected chi connectivity index (χ4v) is 2.76. The second kappa shape index (κ2) is 8.45. The molecule has 0 aliphatic carbocycles. The Labute approximate surface area is 155 Å². The van der Waals surface area contributed by atoms with Crippen LogP contribution in [0.2, 0.25) is 0 Å². The molecule has 3 aromatic rings. The molecule has 0 aliphatic rings. The Bertz CT molecular complexity index is 919. The van der Waals surface area contributed by atoms with Gasteiger partial charge in [0.25, 0.3) is 0 Å². The number of aliphatic carboxylic acids is 1. The van der Waals surface area contributed by atoms with E-state index in [2.05, 4.69) is 0 Å². The molecule has 3 aromatic carbocycles. The summed E-state index contributed by atoms with van der Waals surface area (Å²) in [6.07, 6.45) is 0.508. The summed E-state index contributed by atoms with van der Waals surface area (Å²) in [7, 11) is 0. The van der Waals surface area contributed by atoms with E-state index in [0.717, 1.165) is 5.56 Å². The largest absolute Gasteiger partial charge is 0.489 e. The molecule has 0 amide bonds. The Kier molecular flexibility index (Phi) is 5.81. The zero-order valence-electron chi connectivity index (χ0n) is 14.5. The summed E-state index contributed by atoms with van der Waals surface area (Å²) in [4.78, 5) is 10.6. The monoisotopic (exact) mass is 368 g/mol. The first kappa shape index (κ1) is 18.6. The molecule has 0 aromatic heterocycles. The molecule has 0 atom stereocenters. The Morgan fingerprint density at radius 1 is 0.926 bits per heavy atom. The molecule has 0 aliphatic heterocycles. The zero-order chi connectivity index (χ0) is 19.2. The highest BCUT2D eigenvalue weighted by Gasteiger charge is 2.11. The van der Waals surface area contributed by atoms with Crippen LogP contribution in [0.15, 0.2) is 66.7 Å². The van der Waals surface area contributed by atoms with Crippen LogP contribution in [0.4, 0.5) is 8.78 Å². The number of rotatable bonds is 7. The van der Waals surface area contributed by atoms with E-state index in [0.29, 0.717) is 28.9 Å². The van der Waals surface area contributed by atoms with Crippen molar-refractivity contribution in [2.24, 2.45) is 0 Å². The number of carbonyl (C=O) groups is 1. The van der Waals surface area contributed by atoms with Gasteiger partial charge < -0.3 is 9.84 Å². The maximum Gasteiger partial charge on any atom is 0.303 e. The molecule has 0 saturated heterocycles. The maximum atomic E-state index is 14.3. The van der Waals surface area contributed by atoms with Crippen molar-refractivity contribution in [3.8, 4) is 16.9 Å².